The van der Waals surface area contributed by atoms with Crippen LogP contribution in [0.25, 0.3) is 0 Å². The number of halogens is 1. The third kappa shape index (κ3) is 5.57. The van der Waals surface area contributed by atoms with Gasteiger partial charge in [0, 0.05) is 31.4 Å². The van der Waals surface area contributed by atoms with Gasteiger partial charge in [0.15, 0.2) is 5.71 Å². The van der Waals surface area contributed by atoms with Crippen molar-refractivity contribution in [2.75, 3.05) is 6.54 Å². The lowest BCUT2D eigenvalue weighted by Crippen LogP contribution is -3.00. The molecule has 2 aromatic rings. The highest BCUT2D eigenvalue weighted by atomic mass is 79.9. The Morgan fingerprint density at radius 1 is 0.966 bits per heavy atom. The molecule has 4 heteroatoms. The van der Waals surface area contributed by atoms with Crippen molar-refractivity contribution in [3.05, 3.63) is 65.7 Å². The Bertz CT molecular complexity index is 847. The number of nitrogens with zero attached hydrogens (tertiary/aromatic N) is 1. The maximum Gasteiger partial charge on any atom is 0.303 e. The van der Waals surface area contributed by atoms with Crippen LogP contribution in [0, 0.1) is 0 Å². The van der Waals surface area contributed by atoms with Gasteiger partial charge in [-0.25, -0.2) is 0 Å². The van der Waals surface area contributed by atoms with Crippen LogP contribution in [0.3, 0.4) is 0 Å². The zero-order valence-electron chi connectivity index (χ0n) is 17.5. The van der Waals surface area contributed by atoms with Crippen molar-refractivity contribution in [3.8, 4) is 0 Å². The second kappa shape index (κ2) is 10.7. The molecule has 1 N–H and O–H groups in total. The largest absolute Gasteiger partial charge is 1.00 e. The third-order valence-corrected chi connectivity index (χ3v) is 6.25. The minimum Gasteiger partial charge on any atom is -1.00 e. The smallest absolute Gasteiger partial charge is 0.303 e. The van der Waals surface area contributed by atoms with E-state index in [4.69, 9.17) is 5.11 Å². The van der Waals surface area contributed by atoms with Gasteiger partial charge in [0.2, 0.25) is 5.69 Å². The van der Waals surface area contributed by atoms with Gasteiger partial charge in [-0.15, -0.1) is 0 Å². The summed E-state index contributed by atoms with van der Waals surface area (Å²) in [5, 5.41) is 8.82. The van der Waals surface area contributed by atoms with Crippen molar-refractivity contribution in [1.29, 1.82) is 0 Å². The van der Waals surface area contributed by atoms with Crippen molar-refractivity contribution in [1.82, 2.24) is 0 Å². The van der Waals surface area contributed by atoms with Gasteiger partial charge in [-0.3, -0.25) is 4.79 Å². The molecule has 0 amide bonds. The standard InChI is InChI=1S/C25H31NO2.BrH/c1-20-25(2,18-11-14-21-12-5-3-6-13-21)22-15-8-9-16-23(22)26(20)19-10-4-7-17-24(27)28;/h3,5-6,8-9,12-13,15-16H,4,7,10-11,14,17-19H2,1-2H3;1H. The van der Waals surface area contributed by atoms with Crippen LogP contribution in [0.5, 0.6) is 0 Å². The van der Waals surface area contributed by atoms with E-state index in [0.29, 0.717) is 0 Å². The van der Waals surface area contributed by atoms with Crippen LogP contribution >= 0.6 is 0 Å². The first-order valence-corrected chi connectivity index (χ1v) is 10.5. The zero-order valence-corrected chi connectivity index (χ0v) is 19.1. The van der Waals surface area contributed by atoms with Crippen molar-refractivity contribution < 1.29 is 31.5 Å². The van der Waals surface area contributed by atoms with E-state index in [-0.39, 0.29) is 28.8 Å². The van der Waals surface area contributed by atoms with E-state index in [9.17, 15) is 4.79 Å². The van der Waals surface area contributed by atoms with Crippen LogP contribution in [0.1, 0.15) is 63.5 Å². The predicted octanol–water partition coefficient (Wildman–Crippen LogP) is 2.73. The van der Waals surface area contributed by atoms with Gasteiger partial charge in [-0.05, 0) is 44.6 Å². The summed E-state index contributed by atoms with van der Waals surface area (Å²) in [5.74, 6) is -0.694. The molecule has 3 rings (SSSR count). The van der Waals surface area contributed by atoms with E-state index in [1.807, 2.05) is 0 Å². The van der Waals surface area contributed by atoms with Crippen molar-refractivity contribution in [2.24, 2.45) is 0 Å². The van der Waals surface area contributed by atoms with E-state index in [1.165, 1.54) is 28.9 Å². The summed E-state index contributed by atoms with van der Waals surface area (Å²) in [6, 6.07) is 19.5. The van der Waals surface area contributed by atoms with Crippen LogP contribution in [-0.4, -0.2) is 27.9 Å². The maximum absolute atomic E-state index is 10.7. The number of aliphatic carboxylic acids is 1. The predicted molar refractivity (Wildman–Crippen MR) is 115 cm³/mol. The number of carbonyl (C=O) groups is 1. The number of unbranched alkanes of at least 4 members (excludes halogenated alkanes) is 2. The minimum absolute atomic E-state index is 0. The monoisotopic (exact) mass is 457 g/mol. The Morgan fingerprint density at radius 2 is 1.66 bits per heavy atom. The zero-order chi connectivity index (χ0) is 20.0. The Balaban J connectivity index is 0.00000300. The van der Waals surface area contributed by atoms with Gasteiger partial charge in [0.1, 0.15) is 6.54 Å². The van der Waals surface area contributed by atoms with Crippen molar-refractivity contribution >= 4 is 17.4 Å². The summed E-state index contributed by atoms with van der Waals surface area (Å²) in [5.41, 5.74) is 5.68. The molecule has 1 atom stereocenters. The summed E-state index contributed by atoms with van der Waals surface area (Å²) < 4.78 is 2.47. The third-order valence-electron chi connectivity index (χ3n) is 6.25. The fourth-order valence-corrected chi connectivity index (χ4v) is 4.47. The van der Waals surface area contributed by atoms with Crippen LogP contribution < -0.4 is 17.0 Å². The molecule has 0 fully saturated rings. The molecule has 156 valence electrons. The number of carboxylic acids is 1. The van der Waals surface area contributed by atoms with E-state index in [0.717, 1.165) is 38.6 Å². The summed E-state index contributed by atoms with van der Waals surface area (Å²) in [4.78, 5) is 10.7. The Morgan fingerprint density at radius 3 is 2.38 bits per heavy atom. The van der Waals surface area contributed by atoms with Gasteiger partial charge < -0.3 is 22.1 Å². The second-order valence-electron chi connectivity index (χ2n) is 8.13. The fraction of sp³-hybridized carbons (Fsp3) is 0.440. The van der Waals surface area contributed by atoms with E-state index in [1.54, 1.807) is 0 Å². The topological polar surface area (TPSA) is 40.3 Å². The first-order chi connectivity index (χ1) is 13.5. The molecule has 0 spiro atoms. The van der Waals surface area contributed by atoms with Crippen molar-refractivity contribution in [3.63, 3.8) is 0 Å². The van der Waals surface area contributed by atoms with E-state index in [2.05, 4.69) is 73.0 Å². The summed E-state index contributed by atoms with van der Waals surface area (Å²) in [6.07, 6.45) is 6.44. The average molecular weight is 458 g/mol. The summed E-state index contributed by atoms with van der Waals surface area (Å²) in [7, 11) is 0. The Hall–Kier alpha value is -1.94. The van der Waals surface area contributed by atoms with Gasteiger partial charge in [-0.2, -0.15) is 4.58 Å². The first-order valence-electron chi connectivity index (χ1n) is 10.5. The number of para-hydroxylation sites is 1. The number of carboxylic acid groups (broad SMARTS) is 1. The number of hydrogen-bond acceptors (Lipinski definition) is 1. The van der Waals surface area contributed by atoms with Crippen molar-refractivity contribution in [2.45, 2.75) is 64.2 Å². The summed E-state index contributed by atoms with van der Waals surface area (Å²) >= 11 is 0. The Labute approximate surface area is 185 Å². The molecular formula is C25H32BrNO2. The van der Waals surface area contributed by atoms with Crippen LogP contribution in [-0.2, 0) is 16.6 Å². The van der Waals surface area contributed by atoms with Gasteiger partial charge >= 0.3 is 5.97 Å². The molecule has 0 aromatic heterocycles. The molecule has 3 nitrogen and oxygen atoms in total. The lowest BCUT2D eigenvalue weighted by atomic mass is 9.76. The maximum atomic E-state index is 10.7. The lowest BCUT2D eigenvalue weighted by molar-refractivity contribution is -0.439. The number of hydrogen-bond donors (Lipinski definition) is 1. The van der Waals surface area contributed by atoms with E-state index < -0.39 is 5.97 Å². The molecule has 1 unspecified atom stereocenters. The molecule has 2 aromatic carbocycles. The average Bonchev–Trinajstić information content (AvgIpc) is 2.90. The number of fused-ring (bicyclic) bond motifs is 1. The fourth-order valence-electron chi connectivity index (χ4n) is 4.47. The highest BCUT2D eigenvalue weighted by Gasteiger charge is 2.45. The SMILES string of the molecule is CC1=[N+](CCCCCC(=O)O)c2ccccc2C1(C)CCCc1ccccc1.[Br-]. The van der Waals surface area contributed by atoms with Crippen LogP contribution in [0.2, 0.25) is 0 Å². The summed E-state index contributed by atoms with van der Waals surface area (Å²) in [6.45, 7) is 5.63. The molecule has 0 radical (unpaired) electrons. The number of rotatable bonds is 10. The van der Waals surface area contributed by atoms with Crippen LogP contribution in [0.4, 0.5) is 5.69 Å². The quantitative estimate of drug-likeness (QED) is 0.440. The highest BCUT2D eigenvalue weighted by Crippen LogP contribution is 2.42. The minimum atomic E-state index is -0.694. The van der Waals surface area contributed by atoms with Gasteiger partial charge in [0.05, 0.1) is 5.41 Å². The van der Waals surface area contributed by atoms with Gasteiger partial charge in [0.25, 0.3) is 0 Å². The Kier molecular flexibility index (Phi) is 8.63. The second-order valence-corrected chi connectivity index (χ2v) is 8.13. The van der Waals surface area contributed by atoms with E-state index >= 15 is 0 Å². The lowest BCUT2D eigenvalue weighted by Gasteiger charge is -2.22. The number of benzene rings is 2. The first kappa shape index (κ1) is 23.3. The molecule has 1 heterocycles. The molecule has 1 aliphatic rings. The molecule has 0 saturated carbocycles. The molecule has 0 bridgehead atoms. The highest BCUT2D eigenvalue weighted by molar-refractivity contribution is 5.93. The molecule has 0 saturated heterocycles. The molecule has 1 aliphatic heterocycles. The molecular weight excluding hydrogens is 426 g/mol. The molecule has 29 heavy (non-hydrogen) atoms. The van der Waals surface area contributed by atoms with Crippen LogP contribution in [0.15, 0.2) is 54.6 Å². The number of aryl methyl sites for hydroxylation is 1. The molecule has 0 aliphatic carbocycles. The van der Waals surface area contributed by atoms with Gasteiger partial charge in [-0.1, -0.05) is 48.5 Å². The normalized spacial score (nSPS) is 17.7.